The van der Waals surface area contributed by atoms with Crippen LogP contribution in [0.3, 0.4) is 0 Å². The zero-order chi connectivity index (χ0) is 14.3. The molecular weight excluding hydrogens is 283 g/mol. The van der Waals surface area contributed by atoms with Gasteiger partial charge in [-0.15, -0.1) is 0 Å². The first-order valence-corrected chi connectivity index (χ1v) is 7.61. The van der Waals surface area contributed by atoms with Crippen LogP contribution < -0.4 is 0 Å². The van der Waals surface area contributed by atoms with E-state index in [1.54, 1.807) is 6.92 Å². The fraction of sp³-hybridized carbons (Fsp3) is 0.308. The molecule has 0 N–H and O–H groups in total. The molecular formula is C13H13FN2O3S. The molecule has 1 aromatic carbocycles. The maximum absolute atomic E-state index is 13.3. The summed E-state index contributed by atoms with van der Waals surface area (Å²) in [6, 6.07) is 3.83. The summed E-state index contributed by atoms with van der Waals surface area (Å²) in [5, 5.41) is 3.67. The summed E-state index contributed by atoms with van der Waals surface area (Å²) in [4.78, 5) is 0.108. The first kappa shape index (κ1) is 13.3. The van der Waals surface area contributed by atoms with Crippen molar-refractivity contribution in [3.05, 3.63) is 47.1 Å². The van der Waals surface area contributed by atoms with E-state index >= 15 is 0 Å². The summed E-state index contributed by atoms with van der Waals surface area (Å²) in [7, 11) is -3.62. The fourth-order valence-electron chi connectivity index (χ4n) is 2.25. The lowest BCUT2D eigenvalue weighted by atomic mass is 10.1. The van der Waals surface area contributed by atoms with Crippen LogP contribution >= 0.6 is 0 Å². The molecule has 0 atom stereocenters. The van der Waals surface area contributed by atoms with E-state index in [1.807, 2.05) is 0 Å². The number of sulfonamides is 1. The Hall–Kier alpha value is -1.73. The van der Waals surface area contributed by atoms with Gasteiger partial charge < -0.3 is 4.52 Å². The van der Waals surface area contributed by atoms with Gasteiger partial charge in [0.25, 0.3) is 0 Å². The summed E-state index contributed by atoms with van der Waals surface area (Å²) >= 11 is 0. The minimum atomic E-state index is -3.62. The molecule has 0 bridgehead atoms. The van der Waals surface area contributed by atoms with Crippen molar-refractivity contribution >= 4 is 10.0 Å². The minimum absolute atomic E-state index is 0.108. The molecule has 0 saturated heterocycles. The van der Waals surface area contributed by atoms with E-state index in [0.717, 1.165) is 11.3 Å². The van der Waals surface area contributed by atoms with Crippen LogP contribution in [0, 0.1) is 12.7 Å². The monoisotopic (exact) mass is 296 g/mol. The fourth-order valence-corrected chi connectivity index (χ4v) is 3.75. The predicted octanol–water partition coefficient (Wildman–Crippen LogP) is 1.87. The second-order valence-electron chi connectivity index (χ2n) is 4.77. The topological polar surface area (TPSA) is 63.4 Å². The van der Waals surface area contributed by atoms with Crippen LogP contribution in [0.4, 0.5) is 4.39 Å². The highest BCUT2D eigenvalue weighted by molar-refractivity contribution is 7.89. The maximum Gasteiger partial charge on any atom is 0.243 e. The van der Waals surface area contributed by atoms with Gasteiger partial charge in [0, 0.05) is 25.1 Å². The number of hydrogen-bond acceptors (Lipinski definition) is 4. The zero-order valence-corrected chi connectivity index (χ0v) is 11.7. The maximum atomic E-state index is 13.3. The molecule has 0 saturated carbocycles. The number of nitrogens with zero attached hydrogens (tertiary/aromatic N) is 2. The van der Waals surface area contributed by atoms with Gasteiger partial charge in [0.15, 0.2) is 0 Å². The first-order chi connectivity index (χ1) is 9.48. The van der Waals surface area contributed by atoms with E-state index in [0.29, 0.717) is 18.5 Å². The van der Waals surface area contributed by atoms with Gasteiger partial charge in [0.05, 0.1) is 11.1 Å². The smallest absolute Gasteiger partial charge is 0.243 e. The summed E-state index contributed by atoms with van der Waals surface area (Å²) < 4.78 is 44.7. The highest BCUT2D eigenvalue weighted by atomic mass is 32.2. The molecule has 0 unspecified atom stereocenters. The molecule has 2 aromatic rings. The van der Waals surface area contributed by atoms with Gasteiger partial charge in [-0.1, -0.05) is 5.16 Å². The quantitative estimate of drug-likeness (QED) is 0.848. The normalized spacial score (nSPS) is 16.1. The largest absolute Gasteiger partial charge is 0.361 e. The van der Waals surface area contributed by atoms with Gasteiger partial charge >= 0.3 is 0 Å². The molecule has 0 radical (unpaired) electrons. The third kappa shape index (κ3) is 2.12. The van der Waals surface area contributed by atoms with Crippen molar-refractivity contribution in [2.24, 2.45) is 0 Å². The molecule has 2 heterocycles. The lowest BCUT2D eigenvalue weighted by Gasteiger charge is -2.25. The second-order valence-corrected chi connectivity index (χ2v) is 6.71. The van der Waals surface area contributed by atoms with E-state index < -0.39 is 15.8 Å². The number of fused-ring (bicyclic) bond motifs is 1. The van der Waals surface area contributed by atoms with Gasteiger partial charge in [0.1, 0.15) is 11.6 Å². The molecule has 0 aliphatic carbocycles. The number of hydrogen-bond donors (Lipinski definition) is 0. The van der Waals surface area contributed by atoms with E-state index in [1.165, 1.54) is 28.7 Å². The van der Waals surface area contributed by atoms with Crippen LogP contribution in [-0.2, 0) is 23.0 Å². The Kier molecular flexibility index (Phi) is 3.10. The van der Waals surface area contributed by atoms with Crippen molar-refractivity contribution in [1.29, 1.82) is 0 Å². The number of benzene rings is 1. The standard InChI is InChI=1S/C13H13FN2O3S/c1-9-6-11(2-3-12(9)14)20(17,18)16-5-4-13-10(8-16)7-15-19-13/h2-3,6-7H,4-5,8H2,1H3. The SMILES string of the molecule is Cc1cc(S(=O)(=O)N2CCc3oncc3C2)ccc1F. The van der Waals surface area contributed by atoms with Crippen molar-refractivity contribution in [3.8, 4) is 0 Å². The third-order valence-corrected chi connectivity index (χ3v) is 5.27. The molecule has 20 heavy (non-hydrogen) atoms. The molecule has 0 fully saturated rings. The zero-order valence-electron chi connectivity index (χ0n) is 10.8. The Bertz CT molecular complexity index is 755. The van der Waals surface area contributed by atoms with Gasteiger partial charge in [0.2, 0.25) is 10.0 Å². The summed E-state index contributed by atoms with van der Waals surface area (Å²) in [5.41, 5.74) is 1.09. The van der Waals surface area contributed by atoms with E-state index in [-0.39, 0.29) is 11.4 Å². The Morgan fingerprint density at radius 1 is 1.40 bits per heavy atom. The summed E-state index contributed by atoms with van der Waals surface area (Å²) in [5.74, 6) is 0.315. The van der Waals surface area contributed by atoms with Crippen molar-refractivity contribution in [2.75, 3.05) is 6.54 Å². The number of aromatic nitrogens is 1. The first-order valence-electron chi connectivity index (χ1n) is 6.17. The predicted molar refractivity (Wildman–Crippen MR) is 68.9 cm³/mol. The van der Waals surface area contributed by atoms with Gasteiger partial charge in [-0.25, -0.2) is 12.8 Å². The highest BCUT2D eigenvalue weighted by Crippen LogP contribution is 2.25. The van der Waals surface area contributed by atoms with E-state index in [2.05, 4.69) is 5.16 Å². The average molecular weight is 296 g/mol. The van der Waals surface area contributed by atoms with Crippen LogP contribution in [0.15, 0.2) is 33.8 Å². The number of aryl methyl sites for hydroxylation is 1. The second kappa shape index (κ2) is 4.68. The molecule has 0 amide bonds. The third-order valence-electron chi connectivity index (χ3n) is 3.43. The highest BCUT2D eigenvalue weighted by Gasteiger charge is 2.30. The molecule has 1 aliphatic heterocycles. The molecule has 0 spiro atoms. The van der Waals surface area contributed by atoms with Crippen LogP contribution in [0.25, 0.3) is 0 Å². The van der Waals surface area contributed by atoms with Crippen LogP contribution in [-0.4, -0.2) is 24.4 Å². The molecule has 1 aromatic heterocycles. The molecule has 106 valence electrons. The number of halogens is 1. The molecule has 7 heteroatoms. The molecule has 5 nitrogen and oxygen atoms in total. The summed E-state index contributed by atoms with van der Waals surface area (Å²) in [6.45, 7) is 2.11. The van der Waals surface area contributed by atoms with Crippen LogP contribution in [0.5, 0.6) is 0 Å². The Morgan fingerprint density at radius 3 is 2.95 bits per heavy atom. The average Bonchev–Trinajstić information content (AvgIpc) is 2.89. The van der Waals surface area contributed by atoms with E-state index in [9.17, 15) is 12.8 Å². The van der Waals surface area contributed by atoms with Crippen molar-refractivity contribution < 1.29 is 17.3 Å². The molecule has 1 aliphatic rings. The summed E-state index contributed by atoms with van der Waals surface area (Å²) in [6.07, 6.45) is 2.03. The van der Waals surface area contributed by atoms with Gasteiger partial charge in [-0.3, -0.25) is 0 Å². The van der Waals surface area contributed by atoms with Gasteiger partial charge in [-0.2, -0.15) is 4.31 Å². The van der Waals surface area contributed by atoms with Crippen LogP contribution in [0.2, 0.25) is 0 Å². The number of rotatable bonds is 2. The lowest BCUT2D eigenvalue weighted by molar-refractivity contribution is 0.331. The Morgan fingerprint density at radius 2 is 2.20 bits per heavy atom. The van der Waals surface area contributed by atoms with Gasteiger partial charge in [-0.05, 0) is 30.7 Å². The lowest BCUT2D eigenvalue weighted by Crippen LogP contribution is -2.35. The van der Waals surface area contributed by atoms with E-state index in [4.69, 9.17) is 4.52 Å². The van der Waals surface area contributed by atoms with Crippen molar-refractivity contribution in [2.45, 2.75) is 24.8 Å². The Balaban J connectivity index is 1.95. The van der Waals surface area contributed by atoms with Crippen molar-refractivity contribution in [3.63, 3.8) is 0 Å². The van der Waals surface area contributed by atoms with Crippen molar-refractivity contribution in [1.82, 2.24) is 9.46 Å². The Labute approximate surface area is 116 Å². The molecule has 3 rings (SSSR count). The minimum Gasteiger partial charge on any atom is -0.361 e. The van der Waals surface area contributed by atoms with Crippen LogP contribution in [0.1, 0.15) is 16.9 Å².